The summed E-state index contributed by atoms with van der Waals surface area (Å²) in [6, 6.07) is 0. The number of nitrogens with zero attached hydrogens (tertiary/aromatic N) is 2. The van der Waals surface area contributed by atoms with Crippen molar-refractivity contribution in [3.8, 4) is 11.8 Å². The average molecular weight is 201 g/mol. The minimum Gasteiger partial charge on any atom is -0.368 e. The molecule has 14 heavy (non-hydrogen) atoms. The Morgan fingerprint density at radius 2 is 2.07 bits per heavy atom. The summed E-state index contributed by atoms with van der Waals surface area (Å²) in [5.41, 5.74) is 3.78. The van der Waals surface area contributed by atoms with Crippen LogP contribution >= 0.6 is 0 Å². The van der Waals surface area contributed by atoms with Gasteiger partial charge in [0.2, 0.25) is 5.95 Å². The van der Waals surface area contributed by atoms with E-state index in [0.717, 1.165) is 0 Å². The second-order valence-corrected chi connectivity index (χ2v) is 2.36. The van der Waals surface area contributed by atoms with Crippen LogP contribution in [-0.2, 0) is 6.18 Å². The number of nitrogens with two attached hydrogens (primary N) is 1. The molecule has 0 fully saturated rings. The van der Waals surface area contributed by atoms with Gasteiger partial charge in [-0.2, -0.15) is 13.2 Å². The lowest BCUT2D eigenvalue weighted by Crippen LogP contribution is -2.11. The van der Waals surface area contributed by atoms with Crippen molar-refractivity contribution in [1.82, 2.24) is 9.97 Å². The zero-order chi connectivity index (χ0) is 10.8. The van der Waals surface area contributed by atoms with Gasteiger partial charge in [-0.25, -0.2) is 9.97 Å². The van der Waals surface area contributed by atoms with Gasteiger partial charge < -0.3 is 5.73 Å². The third-order valence-electron chi connectivity index (χ3n) is 1.36. The Hall–Kier alpha value is -1.77. The Labute approximate surface area is 78.2 Å². The van der Waals surface area contributed by atoms with Gasteiger partial charge in [-0.3, -0.25) is 0 Å². The highest BCUT2D eigenvalue weighted by Gasteiger charge is 2.34. The lowest BCUT2D eigenvalue weighted by atomic mass is 10.2. The van der Waals surface area contributed by atoms with E-state index in [0.29, 0.717) is 6.20 Å². The van der Waals surface area contributed by atoms with Gasteiger partial charge in [-0.05, 0) is 12.8 Å². The molecule has 0 aliphatic rings. The second-order valence-electron chi connectivity index (χ2n) is 2.36. The van der Waals surface area contributed by atoms with Crippen molar-refractivity contribution in [2.24, 2.45) is 0 Å². The minimum absolute atomic E-state index is 0.226. The van der Waals surface area contributed by atoms with E-state index in [2.05, 4.69) is 21.8 Å². The topological polar surface area (TPSA) is 51.8 Å². The molecule has 0 aliphatic carbocycles. The molecule has 74 valence electrons. The first-order valence-electron chi connectivity index (χ1n) is 3.57. The molecular weight excluding hydrogens is 195 g/mol. The summed E-state index contributed by atoms with van der Waals surface area (Å²) in [6.07, 6.45) is -3.88. The molecule has 1 rings (SSSR count). The van der Waals surface area contributed by atoms with E-state index in [4.69, 9.17) is 5.73 Å². The predicted molar refractivity (Wildman–Crippen MR) is 44.0 cm³/mol. The largest absolute Gasteiger partial charge is 0.420 e. The van der Waals surface area contributed by atoms with Gasteiger partial charge >= 0.3 is 6.18 Å². The number of hydrogen-bond acceptors (Lipinski definition) is 3. The van der Waals surface area contributed by atoms with Gasteiger partial charge in [0.1, 0.15) is 11.3 Å². The number of nitrogen functional groups attached to an aromatic ring is 1. The number of alkyl halides is 3. The zero-order valence-electron chi connectivity index (χ0n) is 7.18. The zero-order valence-corrected chi connectivity index (χ0v) is 7.18. The van der Waals surface area contributed by atoms with Crippen LogP contribution in [0.2, 0.25) is 0 Å². The van der Waals surface area contributed by atoms with E-state index < -0.39 is 17.4 Å². The van der Waals surface area contributed by atoms with Crippen molar-refractivity contribution in [3.63, 3.8) is 0 Å². The van der Waals surface area contributed by atoms with E-state index in [1.807, 2.05) is 0 Å². The van der Waals surface area contributed by atoms with Crippen LogP contribution in [0.15, 0.2) is 6.20 Å². The molecule has 0 saturated heterocycles. The number of anilines is 1. The Bertz CT molecular complexity index is 401. The summed E-state index contributed by atoms with van der Waals surface area (Å²) in [5, 5.41) is 0. The Kier molecular flexibility index (Phi) is 2.60. The number of rotatable bonds is 0. The van der Waals surface area contributed by atoms with Crippen LogP contribution in [-0.4, -0.2) is 9.97 Å². The Balaban J connectivity index is 3.34. The second kappa shape index (κ2) is 3.54. The number of hydrogen-bond donors (Lipinski definition) is 1. The lowest BCUT2D eigenvalue weighted by Gasteiger charge is -2.07. The molecule has 6 heteroatoms. The molecule has 3 nitrogen and oxygen atoms in total. The number of aromatic nitrogens is 2. The van der Waals surface area contributed by atoms with Crippen LogP contribution in [0.3, 0.4) is 0 Å². The van der Waals surface area contributed by atoms with Crippen LogP contribution in [0, 0.1) is 11.8 Å². The molecule has 0 bridgehead atoms. The summed E-state index contributed by atoms with van der Waals surface area (Å²) in [6.45, 7) is 1.42. The fourth-order valence-corrected chi connectivity index (χ4v) is 0.817. The maximum absolute atomic E-state index is 12.3. The first-order valence-corrected chi connectivity index (χ1v) is 3.57. The van der Waals surface area contributed by atoms with E-state index >= 15 is 0 Å². The van der Waals surface area contributed by atoms with Gasteiger partial charge in [-0.1, -0.05) is 5.92 Å². The monoisotopic (exact) mass is 201 g/mol. The minimum atomic E-state index is -4.51. The van der Waals surface area contributed by atoms with Gasteiger partial charge in [0.25, 0.3) is 0 Å². The molecule has 0 spiro atoms. The summed E-state index contributed by atoms with van der Waals surface area (Å²) in [5.74, 6) is 4.32. The molecule has 1 aromatic heterocycles. The van der Waals surface area contributed by atoms with Gasteiger partial charge in [0, 0.05) is 6.20 Å². The van der Waals surface area contributed by atoms with Crippen LogP contribution < -0.4 is 5.73 Å². The molecule has 2 N–H and O–H groups in total. The van der Waals surface area contributed by atoms with E-state index in [9.17, 15) is 13.2 Å². The van der Waals surface area contributed by atoms with E-state index in [-0.39, 0.29) is 5.95 Å². The summed E-state index contributed by atoms with van der Waals surface area (Å²) in [7, 11) is 0. The van der Waals surface area contributed by atoms with Crippen molar-refractivity contribution in [1.29, 1.82) is 0 Å². The highest BCUT2D eigenvalue weighted by Crippen LogP contribution is 2.30. The molecule has 1 aromatic rings. The molecule has 0 unspecified atom stereocenters. The number of halogens is 3. The SMILES string of the molecule is CC#Cc1nc(N)ncc1C(F)(F)F. The van der Waals surface area contributed by atoms with E-state index in [1.165, 1.54) is 6.92 Å². The fraction of sp³-hybridized carbons (Fsp3) is 0.250. The molecule has 0 aliphatic heterocycles. The smallest absolute Gasteiger partial charge is 0.368 e. The van der Waals surface area contributed by atoms with Gasteiger partial charge in [-0.15, -0.1) is 0 Å². The lowest BCUT2D eigenvalue weighted by molar-refractivity contribution is -0.138. The molecule has 0 saturated carbocycles. The summed E-state index contributed by atoms with van der Waals surface area (Å²) in [4.78, 5) is 6.67. The quantitative estimate of drug-likeness (QED) is 0.646. The fourth-order valence-electron chi connectivity index (χ4n) is 0.817. The molecule has 0 amide bonds. The van der Waals surface area contributed by atoms with Crippen LogP contribution in [0.5, 0.6) is 0 Å². The van der Waals surface area contributed by atoms with Gasteiger partial charge in [0.05, 0.1) is 0 Å². The van der Waals surface area contributed by atoms with Crippen molar-refractivity contribution >= 4 is 5.95 Å². The van der Waals surface area contributed by atoms with Crippen LogP contribution in [0.25, 0.3) is 0 Å². The molecule has 1 heterocycles. The third-order valence-corrected chi connectivity index (χ3v) is 1.36. The van der Waals surface area contributed by atoms with Crippen LogP contribution in [0.4, 0.5) is 19.1 Å². The summed E-state index contributed by atoms with van der Waals surface area (Å²) < 4.78 is 36.9. The highest BCUT2D eigenvalue weighted by molar-refractivity contribution is 5.38. The first-order chi connectivity index (χ1) is 6.45. The molecule has 0 atom stereocenters. The third kappa shape index (κ3) is 2.13. The Morgan fingerprint density at radius 1 is 1.43 bits per heavy atom. The predicted octanol–water partition coefficient (Wildman–Crippen LogP) is 1.45. The molecule has 0 radical (unpaired) electrons. The molecular formula is C8H6F3N3. The van der Waals surface area contributed by atoms with Gasteiger partial charge in [0.15, 0.2) is 0 Å². The van der Waals surface area contributed by atoms with Crippen molar-refractivity contribution in [3.05, 3.63) is 17.5 Å². The molecule has 0 aromatic carbocycles. The highest BCUT2D eigenvalue weighted by atomic mass is 19.4. The average Bonchev–Trinajstić information content (AvgIpc) is 2.02. The first kappa shape index (κ1) is 10.3. The Morgan fingerprint density at radius 3 is 2.57 bits per heavy atom. The summed E-state index contributed by atoms with van der Waals surface area (Å²) >= 11 is 0. The maximum Gasteiger partial charge on any atom is 0.420 e. The van der Waals surface area contributed by atoms with E-state index in [1.54, 1.807) is 0 Å². The maximum atomic E-state index is 12.3. The standard InChI is InChI=1S/C8H6F3N3/c1-2-3-6-5(8(9,10)11)4-13-7(12)14-6/h4H,1H3,(H2,12,13,14). The normalized spacial score (nSPS) is 10.6. The van der Waals surface area contributed by atoms with Crippen LogP contribution in [0.1, 0.15) is 18.2 Å². The van der Waals surface area contributed by atoms with Crippen molar-refractivity contribution in [2.75, 3.05) is 5.73 Å². The van der Waals surface area contributed by atoms with Crippen molar-refractivity contribution in [2.45, 2.75) is 13.1 Å². The van der Waals surface area contributed by atoms with Crippen molar-refractivity contribution < 1.29 is 13.2 Å².